The lowest BCUT2D eigenvalue weighted by Crippen LogP contribution is -1.92. The third-order valence-corrected chi connectivity index (χ3v) is 2.70. The SMILES string of the molecule is N#Cc1ccccc1Nc1nc2ccc(N)cc2o1. The van der Waals surface area contributed by atoms with Crippen LogP contribution in [0.5, 0.6) is 0 Å². The van der Waals surface area contributed by atoms with Crippen molar-refractivity contribution >= 4 is 28.5 Å². The number of fused-ring (bicyclic) bond motifs is 1. The first-order chi connectivity index (χ1) is 9.26. The van der Waals surface area contributed by atoms with E-state index in [9.17, 15) is 0 Å². The number of nitriles is 1. The molecule has 3 N–H and O–H groups in total. The lowest BCUT2D eigenvalue weighted by Gasteiger charge is -2.02. The molecule has 0 saturated carbocycles. The van der Waals surface area contributed by atoms with E-state index in [4.69, 9.17) is 15.4 Å². The van der Waals surface area contributed by atoms with Crippen LogP contribution >= 0.6 is 0 Å². The maximum absolute atomic E-state index is 9.02. The largest absolute Gasteiger partial charge is 0.423 e. The molecule has 19 heavy (non-hydrogen) atoms. The van der Waals surface area contributed by atoms with Gasteiger partial charge in [0.25, 0.3) is 6.01 Å². The Morgan fingerprint density at radius 1 is 1.21 bits per heavy atom. The summed E-state index contributed by atoms with van der Waals surface area (Å²) in [7, 11) is 0. The van der Waals surface area contributed by atoms with Crippen LogP contribution in [0.3, 0.4) is 0 Å². The fourth-order valence-corrected chi connectivity index (χ4v) is 1.80. The maximum atomic E-state index is 9.02. The van der Waals surface area contributed by atoms with E-state index in [1.165, 1.54) is 0 Å². The van der Waals surface area contributed by atoms with Crippen LogP contribution in [0.25, 0.3) is 11.1 Å². The standard InChI is InChI=1S/C14H10N4O/c15-8-9-3-1-2-4-11(9)17-14-18-12-6-5-10(16)7-13(12)19-14/h1-7H,16H2,(H,17,18). The average molecular weight is 250 g/mol. The first-order valence-corrected chi connectivity index (χ1v) is 5.68. The van der Waals surface area contributed by atoms with Crippen molar-refractivity contribution < 1.29 is 4.42 Å². The molecule has 5 heteroatoms. The topological polar surface area (TPSA) is 87.9 Å². The molecule has 92 valence electrons. The second-order valence-electron chi connectivity index (χ2n) is 4.03. The third-order valence-electron chi connectivity index (χ3n) is 2.70. The molecule has 0 aliphatic carbocycles. The van der Waals surface area contributed by atoms with Gasteiger partial charge in [0.1, 0.15) is 11.6 Å². The number of aromatic nitrogens is 1. The van der Waals surface area contributed by atoms with Gasteiger partial charge in [0.05, 0.1) is 11.3 Å². The number of nitrogens with zero attached hydrogens (tertiary/aromatic N) is 2. The van der Waals surface area contributed by atoms with Gasteiger partial charge in [-0.15, -0.1) is 0 Å². The average Bonchev–Trinajstić information content (AvgIpc) is 2.80. The normalized spacial score (nSPS) is 10.3. The van der Waals surface area contributed by atoms with E-state index in [2.05, 4.69) is 16.4 Å². The molecular weight excluding hydrogens is 240 g/mol. The van der Waals surface area contributed by atoms with Crippen LogP contribution in [0.4, 0.5) is 17.4 Å². The van der Waals surface area contributed by atoms with Crippen LogP contribution in [0, 0.1) is 11.3 Å². The summed E-state index contributed by atoms with van der Waals surface area (Å²) in [6.45, 7) is 0. The third kappa shape index (κ3) is 2.07. The van der Waals surface area contributed by atoms with Crippen LogP contribution < -0.4 is 11.1 Å². The summed E-state index contributed by atoms with van der Waals surface area (Å²) in [5, 5.41) is 12.0. The summed E-state index contributed by atoms with van der Waals surface area (Å²) in [6, 6.07) is 14.9. The maximum Gasteiger partial charge on any atom is 0.300 e. The molecule has 0 amide bonds. The molecule has 1 aromatic heterocycles. The number of rotatable bonds is 2. The van der Waals surface area contributed by atoms with Crippen LogP contribution in [-0.2, 0) is 0 Å². The van der Waals surface area contributed by atoms with E-state index in [-0.39, 0.29) is 0 Å². The Labute approximate surface area is 109 Å². The molecule has 3 rings (SSSR count). The smallest absolute Gasteiger partial charge is 0.300 e. The van der Waals surface area contributed by atoms with Crippen molar-refractivity contribution in [3.05, 3.63) is 48.0 Å². The van der Waals surface area contributed by atoms with Crippen molar-refractivity contribution in [1.82, 2.24) is 4.98 Å². The Hall–Kier alpha value is -3.00. The molecule has 0 aliphatic heterocycles. The Morgan fingerprint density at radius 2 is 2.05 bits per heavy atom. The van der Waals surface area contributed by atoms with Crippen molar-refractivity contribution in [3.63, 3.8) is 0 Å². The van der Waals surface area contributed by atoms with Crippen LogP contribution in [0.2, 0.25) is 0 Å². The summed E-state index contributed by atoms with van der Waals surface area (Å²) in [5.41, 5.74) is 8.81. The molecule has 0 radical (unpaired) electrons. The quantitative estimate of drug-likeness (QED) is 0.682. The van der Waals surface area contributed by atoms with Crippen LogP contribution in [-0.4, -0.2) is 4.98 Å². The number of hydrogen-bond donors (Lipinski definition) is 2. The summed E-state index contributed by atoms with van der Waals surface area (Å²) >= 11 is 0. The predicted molar refractivity (Wildman–Crippen MR) is 72.9 cm³/mol. The zero-order chi connectivity index (χ0) is 13.2. The first kappa shape index (κ1) is 11.1. The Bertz CT molecular complexity index is 785. The number of nitrogen functional groups attached to an aromatic ring is 1. The molecule has 0 aliphatic rings. The predicted octanol–water partition coefficient (Wildman–Crippen LogP) is 3.03. The van der Waals surface area contributed by atoms with Gasteiger partial charge >= 0.3 is 0 Å². The molecule has 0 spiro atoms. The molecule has 0 atom stereocenters. The van der Waals surface area contributed by atoms with Crippen molar-refractivity contribution in [1.29, 1.82) is 5.26 Å². The van der Waals surface area contributed by atoms with E-state index in [1.54, 1.807) is 36.4 Å². The zero-order valence-electron chi connectivity index (χ0n) is 9.92. The zero-order valence-corrected chi connectivity index (χ0v) is 9.92. The van der Waals surface area contributed by atoms with E-state index in [0.29, 0.717) is 34.1 Å². The van der Waals surface area contributed by atoms with Gasteiger partial charge in [-0.05, 0) is 24.3 Å². The highest BCUT2D eigenvalue weighted by molar-refractivity contribution is 5.79. The first-order valence-electron chi connectivity index (χ1n) is 5.68. The lowest BCUT2D eigenvalue weighted by atomic mass is 10.2. The van der Waals surface area contributed by atoms with E-state index in [0.717, 1.165) is 0 Å². The minimum Gasteiger partial charge on any atom is -0.423 e. The summed E-state index contributed by atoms with van der Waals surface area (Å²) in [5.74, 6) is 0. The number of nitrogens with one attached hydrogen (secondary N) is 1. The van der Waals surface area contributed by atoms with Gasteiger partial charge in [-0.1, -0.05) is 12.1 Å². The Kier molecular flexibility index (Phi) is 2.54. The molecule has 5 nitrogen and oxygen atoms in total. The van der Waals surface area contributed by atoms with Gasteiger partial charge in [0.2, 0.25) is 0 Å². The van der Waals surface area contributed by atoms with Gasteiger partial charge in [-0.2, -0.15) is 10.2 Å². The highest BCUT2D eigenvalue weighted by Gasteiger charge is 2.08. The number of oxazole rings is 1. The number of para-hydroxylation sites is 1. The van der Waals surface area contributed by atoms with Gasteiger partial charge in [0.15, 0.2) is 5.58 Å². The molecule has 2 aromatic carbocycles. The highest BCUT2D eigenvalue weighted by Crippen LogP contribution is 2.25. The number of nitrogens with two attached hydrogens (primary N) is 1. The van der Waals surface area contributed by atoms with Crippen molar-refractivity contribution in [2.75, 3.05) is 11.1 Å². The van der Waals surface area contributed by atoms with Crippen molar-refractivity contribution in [3.8, 4) is 6.07 Å². The summed E-state index contributed by atoms with van der Waals surface area (Å²) < 4.78 is 5.54. The fourth-order valence-electron chi connectivity index (χ4n) is 1.80. The second kappa shape index (κ2) is 4.35. The molecule has 1 heterocycles. The number of hydrogen-bond acceptors (Lipinski definition) is 5. The minimum absolute atomic E-state index is 0.336. The number of benzene rings is 2. The lowest BCUT2D eigenvalue weighted by molar-refractivity contribution is 0.623. The van der Waals surface area contributed by atoms with Crippen molar-refractivity contribution in [2.45, 2.75) is 0 Å². The fraction of sp³-hybridized carbons (Fsp3) is 0. The van der Waals surface area contributed by atoms with Gasteiger partial charge in [-0.25, -0.2) is 0 Å². The second-order valence-corrected chi connectivity index (χ2v) is 4.03. The molecular formula is C14H10N4O. The molecule has 0 saturated heterocycles. The minimum atomic E-state index is 0.336. The van der Waals surface area contributed by atoms with Crippen molar-refractivity contribution in [2.24, 2.45) is 0 Å². The monoisotopic (exact) mass is 250 g/mol. The van der Waals surface area contributed by atoms with Gasteiger partial charge < -0.3 is 15.5 Å². The molecule has 0 unspecified atom stereocenters. The van der Waals surface area contributed by atoms with Gasteiger partial charge in [0, 0.05) is 11.8 Å². The molecule has 0 fully saturated rings. The Balaban J connectivity index is 1.99. The summed E-state index contributed by atoms with van der Waals surface area (Å²) in [6.07, 6.45) is 0. The summed E-state index contributed by atoms with van der Waals surface area (Å²) in [4.78, 5) is 4.28. The van der Waals surface area contributed by atoms with Crippen LogP contribution in [0.15, 0.2) is 46.9 Å². The number of anilines is 3. The van der Waals surface area contributed by atoms with Gasteiger partial charge in [-0.3, -0.25) is 0 Å². The highest BCUT2D eigenvalue weighted by atomic mass is 16.4. The van der Waals surface area contributed by atoms with E-state index in [1.807, 2.05) is 6.07 Å². The molecule has 3 aromatic rings. The van der Waals surface area contributed by atoms with Crippen LogP contribution in [0.1, 0.15) is 5.56 Å². The molecule has 0 bridgehead atoms. The van der Waals surface area contributed by atoms with E-state index >= 15 is 0 Å². The Morgan fingerprint density at radius 3 is 2.89 bits per heavy atom. The van der Waals surface area contributed by atoms with E-state index < -0.39 is 0 Å².